The van der Waals surface area contributed by atoms with Gasteiger partial charge in [-0.1, -0.05) is 19.9 Å². The topological polar surface area (TPSA) is 98.0 Å². The third-order valence-electron chi connectivity index (χ3n) is 3.17. The fourth-order valence-corrected chi connectivity index (χ4v) is 1.74. The number of fused-ring (bicyclic) bond motifs is 1. The first kappa shape index (κ1) is 11.9. The summed E-state index contributed by atoms with van der Waals surface area (Å²) in [6, 6.07) is 5.26. The lowest BCUT2D eigenvalue weighted by molar-refractivity contribution is 0.301. The van der Waals surface area contributed by atoms with E-state index in [1.54, 1.807) is 6.07 Å². The van der Waals surface area contributed by atoms with Gasteiger partial charge in [0.05, 0.1) is 5.52 Å². The van der Waals surface area contributed by atoms with Crippen LogP contribution in [0.3, 0.4) is 0 Å². The van der Waals surface area contributed by atoms with Crippen molar-refractivity contribution >= 4 is 11.1 Å². The molecule has 1 aromatic carbocycles. The Hall–Kier alpha value is -1.59. The summed E-state index contributed by atoms with van der Waals surface area (Å²) >= 11 is 0. The Kier molecular flexibility index (Phi) is 2.81. The number of rotatable bonds is 3. The fourth-order valence-electron chi connectivity index (χ4n) is 1.74. The van der Waals surface area contributed by atoms with Crippen molar-refractivity contribution in [3.63, 3.8) is 0 Å². The van der Waals surface area contributed by atoms with Crippen LogP contribution >= 0.6 is 0 Å². The van der Waals surface area contributed by atoms with E-state index in [4.69, 9.17) is 15.9 Å². The van der Waals surface area contributed by atoms with Gasteiger partial charge in [0.1, 0.15) is 0 Å². The average Bonchev–Trinajstić information content (AvgIpc) is 2.66. The van der Waals surface area contributed by atoms with Crippen molar-refractivity contribution in [2.24, 2.45) is 16.9 Å². The molecule has 2 aromatic rings. The summed E-state index contributed by atoms with van der Waals surface area (Å²) < 4.78 is 4.94. The van der Waals surface area contributed by atoms with E-state index >= 15 is 0 Å². The van der Waals surface area contributed by atoms with E-state index in [1.165, 1.54) is 0 Å². The third-order valence-corrected chi connectivity index (χ3v) is 3.17. The largest absolute Gasteiger partial charge is 0.417 e. The van der Waals surface area contributed by atoms with Gasteiger partial charge in [0.25, 0.3) is 0 Å². The molecule has 0 aliphatic rings. The number of H-pyrrole nitrogens is 1. The molecule has 0 radical (unpaired) electrons. The first-order valence-corrected chi connectivity index (χ1v) is 5.52. The predicted molar refractivity (Wildman–Crippen MR) is 66.6 cm³/mol. The van der Waals surface area contributed by atoms with Gasteiger partial charge in [0.2, 0.25) is 0 Å². The van der Waals surface area contributed by atoms with E-state index in [2.05, 4.69) is 4.98 Å². The van der Waals surface area contributed by atoms with E-state index in [1.807, 2.05) is 26.0 Å². The van der Waals surface area contributed by atoms with E-state index in [0.717, 1.165) is 5.56 Å². The van der Waals surface area contributed by atoms with Crippen LogP contribution in [0.25, 0.3) is 11.1 Å². The number of aromatic nitrogens is 1. The highest BCUT2D eigenvalue weighted by atomic mass is 16.4. The predicted octanol–water partition coefficient (Wildman–Crippen LogP) is 1.11. The summed E-state index contributed by atoms with van der Waals surface area (Å²) in [5.41, 5.74) is 13.8. The maximum absolute atomic E-state index is 11.0. The highest BCUT2D eigenvalue weighted by Crippen LogP contribution is 2.31. The minimum absolute atomic E-state index is 0.185. The summed E-state index contributed by atoms with van der Waals surface area (Å²) in [6.45, 7) is 4.52. The molecule has 5 heteroatoms. The summed E-state index contributed by atoms with van der Waals surface area (Å²) in [6.07, 6.45) is 0. The van der Waals surface area contributed by atoms with Crippen molar-refractivity contribution in [2.75, 3.05) is 6.54 Å². The molecule has 0 spiro atoms. The summed E-state index contributed by atoms with van der Waals surface area (Å²) in [4.78, 5) is 13.7. The standard InChI is InChI=1S/C12H17N3O2/c1-12(2,6-13)10(14)7-3-4-9-8(5-7)15-11(16)17-9/h3-5,10H,6,13-14H2,1-2H3,(H,15,16). The molecule has 5 nitrogen and oxygen atoms in total. The SMILES string of the molecule is CC(C)(CN)C(N)c1ccc2oc(=O)[nH]c2c1. The van der Waals surface area contributed by atoms with Gasteiger partial charge in [-0.05, 0) is 29.7 Å². The van der Waals surface area contributed by atoms with Crippen LogP contribution in [0.1, 0.15) is 25.5 Å². The molecule has 92 valence electrons. The number of nitrogens with two attached hydrogens (primary N) is 2. The smallest absolute Gasteiger partial charge is 0.408 e. The molecule has 0 aliphatic carbocycles. The Morgan fingerprint density at radius 3 is 2.82 bits per heavy atom. The highest BCUT2D eigenvalue weighted by Gasteiger charge is 2.26. The van der Waals surface area contributed by atoms with Gasteiger partial charge in [-0.3, -0.25) is 4.98 Å². The number of nitrogens with one attached hydrogen (secondary N) is 1. The van der Waals surface area contributed by atoms with Crippen LogP contribution < -0.4 is 17.2 Å². The van der Waals surface area contributed by atoms with E-state index in [0.29, 0.717) is 17.6 Å². The molecule has 5 N–H and O–H groups in total. The van der Waals surface area contributed by atoms with Crippen LogP contribution in [0.2, 0.25) is 0 Å². The number of benzene rings is 1. The van der Waals surface area contributed by atoms with Gasteiger partial charge < -0.3 is 15.9 Å². The van der Waals surface area contributed by atoms with Gasteiger partial charge in [-0.15, -0.1) is 0 Å². The van der Waals surface area contributed by atoms with Crippen molar-refractivity contribution in [1.29, 1.82) is 0 Å². The van der Waals surface area contributed by atoms with E-state index in [9.17, 15) is 4.79 Å². The molecule has 1 atom stereocenters. The van der Waals surface area contributed by atoms with Crippen LogP contribution in [0.15, 0.2) is 27.4 Å². The maximum Gasteiger partial charge on any atom is 0.417 e. The zero-order valence-corrected chi connectivity index (χ0v) is 9.99. The van der Waals surface area contributed by atoms with E-state index in [-0.39, 0.29) is 11.5 Å². The van der Waals surface area contributed by atoms with Crippen LogP contribution in [0.5, 0.6) is 0 Å². The quantitative estimate of drug-likeness (QED) is 0.742. The second-order valence-electron chi connectivity index (χ2n) is 4.94. The molecule has 1 heterocycles. The fraction of sp³-hybridized carbons (Fsp3) is 0.417. The molecule has 0 bridgehead atoms. The lowest BCUT2D eigenvalue weighted by Gasteiger charge is -2.30. The molecule has 0 saturated heterocycles. The Balaban J connectivity index is 2.45. The Labute approximate surface area is 98.8 Å². The molecular weight excluding hydrogens is 218 g/mol. The molecule has 0 aliphatic heterocycles. The lowest BCUT2D eigenvalue weighted by atomic mass is 9.81. The molecule has 1 unspecified atom stereocenters. The Morgan fingerprint density at radius 1 is 1.47 bits per heavy atom. The normalized spacial score (nSPS) is 14.1. The number of oxazole rings is 1. The Bertz CT molecular complexity index is 583. The first-order chi connectivity index (χ1) is 7.94. The molecule has 0 amide bonds. The van der Waals surface area contributed by atoms with Crippen molar-refractivity contribution in [2.45, 2.75) is 19.9 Å². The number of hydrogen-bond donors (Lipinski definition) is 3. The van der Waals surface area contributed by atoms with Crippen LogP contribution in [0.4, 0.5) is 0 Å². The van der Waals surface area contributed by atoms with Crippen molar-refractivity contribution in [3.05, 3.63) is 34.3 Å². The summed E-state index contributed by atoms with van der Waals surface area (Å²) in [5, 5.41) is 0. The van der Waals surface area contributed by atoms with Gasteiger partial charge >= 0.3 is 5.76 Å². The molecule has 0 fully saturated rings. The minimum Gasteiger partial charge on any atom is -0.408 e. The number of hydrogen-bond acceptors (Lipinski definition) is 4. The highest BCUT2D eigenvalue weighted by molar-refractivity contribution is 5.72. The second kappa shape index (κ2) is 4.01. The summed E-state index contributed by atoms with van der Waals surface area (Å²) in [7, 11) is 0. The second-order valence-corrected chi connectivity index (χ2v) is 4.94. The minimum atomic E-state index is -0.455. The molecular formula is C12H17N3O2. The zero-order chi connectivity index (χ0) is 12.6. The third kappa shape index (κ3) is 2.11. The molecule has 1 aromatic heterocycles. The Morgan fingerprint density at radius 2 is 2.18 bits per heavy atom. The van der Waals surface area contributed by atoms with Gasteiger partial charge in [0, 0.05) is 6.04 Å². The zero-order valence-electron chi connectivity index (χ0n) is 9.99. The maximum atomic E-state index is 11.0. The van der Waals surface area contributed by atoms with Crippen molar-refractivity contribution in [1.82, 2.24) is 4.98 Å². The van der Waals surface area contributed by atoms with Crippen molar-refractivity contribution < 1.29 is 4.42 Å². The van der Waals surface area contributed by atoms with E-state index < -0.39 is 5.76 Å². The number of aromatic amines is 1. The molecule has 0 saturated carbocycles. The molecule has 17 heavy (non-hydrogen) atoms. The monoisotopic (exact) mass is 235 g/mol. The van der Waals surface area contributed by atoms with Crippen LogP contribution in [0, 0.1) is 5.41 Å². The lowest BCUT2D eigenvalue weighted by Crippen LogP contribution is -2.35. The van der Waals surface area contributed by atoms with Crippen LogP contribution in [-0.2, 0) is 0 Å². The van der Waals surface area contributed by atoms with Gasteiger partial charge in [0.15, 0.2) is 5.58 Å². The van der Waals surface area contributed by atoms with Gasteiger partial charge in [-0.2, -0.15) is 0 Å². The van der Waals surface area contributed by atoms with Crippen LogP contribution in [-0.4, -0.2) is 11.5 Å². The summed E-state index contributed by atoms with van der Waals surface area (Å²) in [5.74, 6) is -0.455. The first-order valence-electron chi connectivity index (χ1n) is 5.52. The molecule has 2 rings (SSSR count). The van der Waals surface area contributed by atoms with Crippen molar-refractivity contribution in [3.8, 4) is 0 Å². The average molecular weight is 235 g/mol. The van der Waals surface area contributed by atoms with Gasteiger partial charge in [-0.25, -0.2) is 4.79 Å².